The second kappa shape index (κ2) is 6.54. The van der Waals surface area contributed by atoms with Crippen LogP contribution in [0, 0.1) is 5.92 Å². The quantitative estimate of drug-likeness (QED) is 0.892. The van der Waals surface area contributed by atoms with Crippen LogP contribution in [0.3, 0.4) is 0 Å². The van der Waals surface area contributed by atoms with Crippen LogP contribution in [-0.4, -0.2) is 17.9 Å². The third kappa shape index (κ3) is 4.49. The van der Waals surface area contributed by atoms with E-state index in [0.29, 0.717) is 12.0 Å². The van der Waals surface area contributed by atoms with E-state index in [2.05, 4.69) is 21.2 Å². The zero-order chi connectivity index (χ0) is 13.7. The largest absolute Gasteiger partial charge is 0.548 e. The second-order valence-corrected chi connectivity index (χ2v) is 5.40. The third-order valence-corrected chi connectivity index (χ3v) is 2.88. The fourth-order valence-corrected chi connectivity index (χ4v) is 1.96. The van der Waals surface area contributed by atoms with Crippen LogP contribution >= 0.6 is 15.9 Å². The summed E-state index contributed by atoms with van der Waals surface area (Å²) in [6, 6.07) is 5.81. The number of aliphatic carboxylic acids is 1. The van der Waals surface area contributed by atoms with E-state index in [0.717, 1.165) is 4.47 Å². The van der Waals surface area contributed by atoms with Gasteiger partial charge in [0, 0.05) is 10.0 Å². The van der Waals surface area contributed by atoms with E-state index >= 15 is 0 Å². The van der Waals surface area contributed by atoms with Crippen LogP contribution in [-0.2, 0) is 4.79 Å². The number of hydrogen-bond acceptors (Lipinski definition) is 3. The Morgan fingerprint density at radius 1 is 1.39 bits per heavy atom. The molecule has 1 aromatic rings. The molecule has 1 atom stereocenters. The number of carboxylic acid groups (broad SMARTS) is 1. The summed E-state index contributed by atoms with van der Waals surface area (Å²) in [7, 11) is 0. The molecular weight excluding hydrogens is 298 g/mol. The standard InChI is InChI=1S/C13H16BrNO3/c1-8(2)6-11(13(17)18)15-12(16)9-4-3-5-10(14)7-9/h3-5,7-8,11H,6H2,1-2H3,(H,15,16)(H,17,18)/p-1/t11-/m1/s1. The minimum atomic E-state index is -1.26. The highest BCUT2D eigenvalue weighted by Gasteiger charge is 2.16. The molecular formula is C13H15BrNO3-. The van der Waals surface area contributed by atoms with Gasteiger partial charge in [0.15, 0.2) is 0 Å². The van der Waals surface area contributed by atoms with Crippen LogP contribution in [0.2, 0.25) is 0 Å². The molecule has 98 valence electrons. The number of rotatable bonds is 5. The Balaban J connectivity index is 2.75. The average molecular weight is 313 g/mol. The minimum Gasteiger partial charge on any atom is -0.548 e. The van der Waals surface area contributed by atoms with Crippen molar-refractivity contribution in [1.29, 1.82) is 0 Å². The van der Waals surface area contributed by atoms with Crippen molar-refractivity contribution in [2.75, 3.05) is 0 Å². The molecule has 0 fully saturated rings. The minimum absolute atomic E-state index is 0.163. The Bertz CT molecular complexity index is 446. The van der Waals surface area contributed by atoms with Gasteiger partial charge >= 0.3 is 0 Å². The maximum absolute atomic E-state index is 11.9. The molecule has 4 nitrogen and oxygen atoms in total. The maximum Gasteiger partial charge on any atom is 0.251 e. The molecule has 0 unspecified atom stereocenters. The van der Waals surface area contributed by atoms with Gasteiger partial charge in [-0.05, 0) is 30.5 Å². The Kier molecular flexibility index (Phi) is 5.34. The van der Waals surface area contributed by atoms with Crippen molar-refractivity contribution in [3.05, 3.63) is 34.3 Å². The summed E-state index contributed by atoms with van der Waals surface area (Å²) >= 11 is 3.26. The first-order valence-corrected chi connectivity index (χ1v) is 6.46. The Morgan fingerprint density at radius 3 is 2.56 bits per heavy atom. The molecule has 0 aromatic heterocycles. The summed E-state index contributed by atoms with van der Waals surface area (Å²) in [5.41, 5.74) is 0.416. The van der Waals surface area contributed by atoms with Crippen LogP contribution in [0.5, 0.6) is 0 Å². The number of amides is 1. The first-order chi connectivity index (χ1) is 8.40. The van der Waals surface area contributed by atoms with Crippen LogP contribution < -0.4 is 10.4 Å². The highest BCUT2D eigenvalue weighted by atomic mass is 79.9. The van der Waals surface area contributed by atoms with Gasteiger partial charge in [0.25, 0.3) is 5.91 Å². The summed E-state index contributed by atoms with van der Waals surface area (Å²) in [6.45, 7) is 3.78. The predicted molar refractivity (Wildman–Crippen MR) is 69.9 cm³/mol. The molecule has 0 aliphatic rings. The van der Waals surface area contributed by atoms with Crippen molar-refractivity contribution in [1.82, 2.24) is 5.32 Å². The summed E-state index contributed by atoms with van der Waals surface area (Å²) in [5.74, 6) is -1.51. The zero-order valence-electron chi connectivity index (χ0n) is 10.3. The van der Waals surface area contributed by atoms with Gasteiger partial charge in [-0.2, -0.15) is 0 Å². The van der Waals surface area contributed by atoms with E-state index in [1.165, 1.54) is 0 Å². The smallest absolute Gasteiger partial charge is 0.251 e. The van der Waals surface area contributed by atoms with E-state index in [9.17, 15) is 14.7 Å². The van der Waals surface area contributed by atoms with E-state index in [4.69, 9.17) is 0 Å². The van der Waals surface area contributed by atoms with Crippen LogP contribution in [0.15, 0.2) is 28.7 Å². The first-order valence-electron chi connectivity index (χ1n) is 5.67. The van der Waals surface area contributed by atoms with Gasteiger partial charge in [0.2, 0.25) is 0 Å². The number of benzene rings is 1. The molecule has 1 aromatic carbocycles. The van der Waals surface area contributed by atoms with E-state index in [1.54, 1.807) is 24.3 Å². The second-order valence-electron chi connectivity index (χ2n) is 4.48. The van der Waals surface area contributed by atoms with Gasteiger partial charge in [0.05, 0.1) is 12.0 Å². The molecule has 1 rings (SSSR count). The van der Waals surface area contributed by atoms with Crippen molar-refractivity contribution in [2.24, 2.45) is 5.92 Å². The lowest BCUT2D eigenvalue weighted by atomic mass is 10.0. The van der Waals surface area contributed by atoms with E-state index < -0.39 is 17.9 Å². The van der Waals surface area contributed by atoms with Gasteiger partial charge in [-0.3, -0.25) is 4.79 Å². The summed E-state index contributed by atoms with van der Waals surface area (Å²) in [5, 5.41) is 13.4. The molecule has 0 radical (unpaired) electrons. The van der Waals surface area contributed by atoms with Crippen molar-refractivity contribution < 1.29 is 14.7 Å². The van der Waals surface area contributed by atoms with E-state index in [1.807, 2.05) is 13.8 Å². The SMILES string of the molecule is CC(C)C[C@@H](NC(=O)c1cccc(Br)c1)C(=O)[O-]. The number of halogens is 1. The number of hydrogen-bond donors (Lipinski definition) is 1. The number of nitrogens with one attached hydrogen (secondary N) is 1. The van der Waals surface area contributed by atoms with Crippen molar-refractivity contribution in [3.63, 3.8) is 0 Å². The summed E-state index contributed by atoms with van der Waals surface area (Å²) < 4.78 is 0.768. The first kappa shape index (κ1) is 14.7. The summed E-state index contributed by atoms with van der Waals surface area (Å²) in [6.07, 6.45) is 0.349. The topological polar surface area (TPSA) is 69.2 Å². The van der Waals surface area contributed by atoms with Crippen molar-refractivity contribution in [2.45, 2.75) is 26.3 Å². The lowest BCUT2D eigenvalue weighted by Crippen LogP contribution is -2.48. The molecule has 1 N–H and O–H groups in total. The lowest BCUT2D eigenvalue weighted by Gasteiger charge is -2.21. The van der Waals surface area contributed by atoms with Gasteiger partial charge in [-0.1, -0.05) is 35.8 Å². The van der Waals surface area contributed by atoms with Gasteiger partial charge in [-0.25, -0.2) is 0 Å². The van der Waals surface area contributed by atoms with Gasteiger partial charge < -0.3 is 15.2 Å². The average Bonchev–Trinajstić information content (AvgIpc) is 2.27. The molecule has 18 heavy (non-hydrogen) atoms. The van der Waals surface area contributed by atoms with Crippen LogP contribution in [0.25, 0.3) is 0 Å². The molecule has 1 amide bonds. The molecule has 0 bridgehead atoms. The number of carboxylic acids is 1. The Morgan fingerprint density at radius 2 is 2.06 bits per heavy atom. The predicted octanol–water partition coefficient (Wildman–Crippen LogP) is 1.34. The Hall–Kier alpha value is -1.36. The molecule has 0 heterocycles. The van der Waals surface area contributed by atoms with Gasteiger partial charge in [0.1, 0.15) is 0 Å². The molecule has 5 heteroatoms. The lowest BCUT2D eigenvalue weighted by molar-refractivity contribution is -0.308. The van der Waals surface area contributed by atoms with Crippen molar-refractivity contribution in [3.8, 4) is 0 Å². The fourth-order valence-electron chi connectivity index (χ4n) is 1.56. The normalized spacial score (nSPS) is 12.2. The summed E-state index contributed by atoms with van der Waals surface area (Å²) in [4.78, 5) is 22.8. The van der Waals surface area contributed by atoms with E-state index in [-0.39, 0.29) is 5.92 Å². The third-order valence-electron chi connectivity index (χ3n) is 2.38. The fraction of sp³-hybridized carbons (Fsp3) is 0.385. The van der Waals surface area contributed by atoms with Crippen LogP contribution in [0.4, 0.5) is 0 Å². The molecule has 0 saturated carbocycles. The Labute approximate surface area is 115 Å². The highest BCUT2D eigenvalue weighted by Crippen LogP contribution is 2.12. The number of carbonyl (C=O) groups excluding carboxylic acids is 2. The highest BCUT2D eigenvalue weighted by molar-refractivity contribution is 9.10. The maximum atomic E-state index is 11.9. The molecule has 0 spiro atoms. The molecule has 0 saturated heterocycles. The number of carbonyl (C=O) groups is 2. The monoisotopic (exact) mass is 312 g/mol. The molecule has 0 aliphatic heterocycles. The van der Waals surface area contributed by atoms with Crippen molar-refractivity contribution >= 4 is 27.8 Å². The van der Waals surface area contributed by atoms with Crippen LogP contribution in [0.1, 0.15) is 30.6 Å². The van der Waals surface area contributed by atoms with Gasteiger partial charge in [-0.15, -0.1) is 0 Å². The molecule has 0 aliphatic carbocycles. The zero-order valence-corrected chi connectivity index (χ0v) is 11.9.